The number of aromatic nitrogens is 2. The second-order valence-corrected chi connectivity index (χ2v) is 7.15. The molecule has 2 aliphatic heterocycles. The first-order chi connectivity index (χ1) is 14.2. The fourth-order valence-electron chi connectivity index (χ4n) is 3.66. The maximum absolute atomic E-state index is 13.8. The number of hydrogen-bond donors (Lipinski definition) is 1. The first kappa shape index (κ1) is 17.6. The molecule has 3 aromatic rings. The number of benzene rings is 2. The van der Waals surface area contributed by atoms with Crippen molar-refractivity contribution < 1.29 is 13.9 Å². The monoisotopic (exact) mass is 390 g/mol. The van der Waals surface area contributed by atoms with E-state index in [4.69, 9.17) is 9.72 Å². The third-order valence-electron chi connectivity index (χ3n) is 5.17. The van der Waals surface area contributed by atoms with E-state index >= 15 is 0 Å². The van der Waals surface area contributed by atoms with Gasteiger partial charge in [-0.15, -0.1) is 0 Å². The molecule has 0 spiro atoms. The minimum Gasteiger partial charge on any atom is -0.484 e. The summed E-state index contributed by atoms with van der Waals surface area (Å²) in [4.78, 5) is 23.8. The van der Waals surface area contributed by atoms with Gasteiger partial charge in [-0.3, -0.25) is 4.79 Å². The number of carbonyl (C=O) groups is 1. The van der Waals surface area contributed by atoms with Crippen LogP contribution < -0.4 is 15.0 Å². The average molecular weight is 390 g/mol. The van der Waals surface area contributed by atoms with E-state index in [2.05, 4.69) is 15.2 Å². The number of fused-ring (bicyclic) bond motifs is 1. The lowest BCUT2D eigenvalue weighted by atomic mass is 10.0. The molecule has 1 amide bonds. The Morgan fingerprint density at radius 2 is 1.79 bits per heavy atom. The van der Waals surface area contributed by atoms with Gasteiger partial charge < -0.3 is 15.0 Å². The maximum Gasteiger partial charge on any atom is 0.270 e. The Balaban J connectivity index is 1.43. The molecule has 0 saturated carbocycles. The highest BCUT2D eigenvalue weighted by atomic mass is 19.1. The van der Waals surface area contributed by atoms with Crippen LogP contribution in [0.1, 0.15) is 16.1 Å². The second-order valence-electron chi connectivity index (χ2n) is 7.15. The fraction of sp³-hybridized carbons (Fsp3) is 0.227. The first-order valence-electron chi connectivity index (χ1n) is 9.60. The molecule has 5 rings (SSSR count). The number of nitrogens with zero attached hydrogens (tertiary/aromatic N) is 3. The van der Waals surface area contributed by atoms with Crippen molar-refractivity contribution in [2.75, 3.05) is 24.5 Å². The van der Waals surface area contributed by atoms with E-state index in [0.29, 0.717) is 37.6 Å². The SMILES string of the molecule is O=C1NCCc2c1nc(-c1ccccc1)nc2N1CC(Oc2ccccc2F)C1. The van der Waals surface area contributed by atoms with Crippen molar-refractivity contribution in [3.05, 3.63) is 71.7 Å². The van der Waals surface area contributed by atoms with Crippen molar-refractivity contribution in [2.24, 2.45) is 0 Å². The summed E-state index contributed by atoms with van der Waals surface area (Å²) < 4.78 is 19.6. The zero-order chi connectivity index (χ0) is 19.8. The van der Waals surface area contributed by atoms with Crippen molar-refractivity contribution in [3.63, 3.8) is 0 Å². The van der Waals surface area contributed by atoms with Crippen molar-refractivity contribution >= 4 is 11.7 Å². The maximum atomic E-state index is 13.8. The van der Waals surface area contributed by atoms with Crippen LogP contribution in [-0.4, -0.2) is 41.6 Å². The summed E-state index contributed by atoms with van der Waals surface area (Å²) in [5, 5.41) is 2.85. The summed E-state index contributed by atoms with van der Waals surface area (Å²) in [5.41, 5.74) is 2.14. The molecule has 146 valence electrons. The van der Waals surface area contributed by atoms with Crippen LogP contribution >= 0.6 is 0 Å². The molecule has 0 aliphatic carbocycles. The zero-order valence-electron chi connectivity index (χ0n) is 15.6. The lowest BCUT2D eigenvalue weighted by Crippen LogP contribution is -2.55. The van der Waals surface area contributed by atoms with E-state index in [1.807, 2.05) is 30.3 Å². The molecular weight excluding hydrogens is 371 g/mol. The molecule has 1 saturated heterocycles. The van der Waals surface area contributed by atoms with Gasteiger partial charge in [0.25, 0.3) is 5.91 Å². The van der Waals surface area contributed by atoms with Crippen LogP contribution in [0.5, 0.6) is 5.75 Å². The highest BCUT2D eigenvalue weighted by Gasteiger charge is 2.34. The molecule has 0 atom stereocenters. The van der Waals surface area contributed by atoms with Crippen LogP contribution in [0.15, 0.2) is 54.6 Å². The predicted octanol–water partition coefficient (Wildman–Crippen LogP) is 2.84. The number of halogens is 1. The van der Waals surface area contributed by atoms with Gasteiger partial charge in [0.05, 0.1) is 13.1 Å². The van der Waals surface area contributed by atoms with E-state index in [-0.39, 0.29) is 23.6 Å². The fourth-order valence-corrected chi connectivity index (χ4v) is 3.66. The molecule has 2 aliphatic rings. The van der Waals surface area contributed by atoms with Crippen LogP contribution in [0.2, 0.25) is 0 Å². The molecule has 6 nitrogen and oxygen atoms in total. The smallest absolute Gasteiger partial charge is 0.270 e. The molecule has 3 heterocycles. The van der Waals surface area contributed by atoms with Gasteiger partial charge in [0, 0.05) is 17.7 Å². The highest BCUT2D eigenvalue weighted by molar-refractivity contribution is 5.96. The minimum atomic E-state index is -0.367. The van der Waals surface area contributed by atoms with E-state index in [9.17, 15) is 9.18 Å². The summed E-state index contributed by atoms with van der Waals surface area (Å²) >= 11 is 0. The molecule has 1 aromatic heterocycles. The molecule has 2 aromatic carbocycles. The molecular formula is C22H19FN4O2. The molecule has 0 radical (unpaired) electrons. The van der Waals surface area contributed by atoms with Crippen molar-refractivity contribution in [1.82, 2.24) is 15.3 Å². The quantitative estimate of drug-likeness (QED) is 0.742. The molecule has 7 heteroatoms. The Morgan fingerprint density at radius 3 is 2.59 bits per heavy atom. The van der Waals surface area contributed by atoms with Crippen LogP contribution in [0.4, 0.5) is 10.2 Å². The van der Waals surface area contributed by atoms with Gasteiger partial charge in [0.15, 0.2) is 17.4 Å². The minimum absolute atomic E-state index is 0.130. The second kappa shape index (κ2) is 7.16. The molecule has 0 unspecified atom stereocenters. The number of amides is 1. The number of carbonyl (C=O) groups excluding carboxylic acids is 1. The van der Waals surface area contributed by atoms with Crippen LogP contribution in [0.25, 0.3) is 11.4 Å². The summed E-state index contributed by atoms with van der Waals surface area (Å²) in [7, 11) is 0. The Morgan fingerprint density at radius 1 is 1.03 bits per heavy atom. The lowest BCUT2D eigenvalue weighted by Gasteiger charge is -2.41. The third kappa shape index (κ3) is 3.29. The number of hydrogen-bond acceptors (Lipinski definition) is 5. The Hall–Kier alpha value is -3.48. The van der Waals surface area contributed by atoms with Crippen molar-refractivity contribution in [3.8, 4) is 17.1 Å². The third-order valence-corrected chi connectivity index (χ3v) is 5.17. The first-order valence-corrected chi connectivity index (χ1v) is 9.60. The largest absolute Gasteiger partial charge is 0.484 e. The number of anilines is 1. The highest BCUT2D eigenvalue weighted by Crippen LogP contribution is 2.31. The summed E-state index contributed by atoms with van der Waals surface area (Å²) in [6.07, 6.45) is 0.552. The average Bonchev–Trinajstić information content (AvgIpc) is 2.72. The van der Waals surface area contributed by atoms with Gasteiger partial charge >= 0.3 is 0 Å². The standard InChI is InChI=1S/C22H19FN4O2/c23-17-8-4-5-9-18(17)29-15-12-27(13-15)21-16-10-11-24-22(28)19(16)25-20(26-21)14-6-2-1-3-7-14/h1-9,15H,10-13H2,(H,24,28). The lowest BCUT2D eigenvalue weighted by molar-refractivity contribution is 0.0940. The number of ether oxygens (including phenoxy) is 1. The normalized spacial score (nSPS) is 16.0. The topological polar surface area (TPSA) is 67.4 Å². The van der Waals surface area contributed by atoms with Gasteiger partial charge in [0.2, 0.25) is 0 Å². The van der Waals surface area contributed by atoms with Gasteiger partial charge in [-0.2, -0.15) is 0 Å². The number of rotatable bonds is 4. The number of para-hydroxylation sites is 1. The molecule has 1 fully saturated rings. The van der Waals surface area contributed by atoms with Crippen LogP contribution in [0, 0.1) is 5.82 Å². The molecule has 29 heavy (non-hydrogen) atoms. The van der Waals surface area contributed by atoms with Gasteiger partial charge in [-0.05, 0) is 18.6 Å². The number of nitrogens with one attached hydrogen (secondary N) is 1. The van der Waals surface area contributed by atoms with E-state index in [1.165, 1.54) is 6.07 Å². The van der Waals surface area contributed by atoms with Gasteiger partial charge in [-0.1, -0.05) is 42.5 Å². The van der Waals surface area contributed by atoms with Crippen molar-refractivity contribution in [2.45, 2.75) is 12.5 Å². The Labute approximate surface area is 167 Å². The Bertz CT molecular complexity index is 1070. The summed E-state index contributed by atoms with van der Waals surface area (Å²) in [5.74, 6) is 0.998. The molecule has 1 N–H and O–H groups in total. The summed E-state index contributed by atoms with van der Waals surface area (Å²) in [6, 6.07) is 16.0. The van der Waals surface area contributed by atoms with Gasteiger partial charge in [0.1, 0.15) is 17.6 Å². The summed E-state index contributed by atoms with van der Waals surface area (Å²) in [6.45, 7) is 1.72. The Kier molecular flexibility index (Phi) is 4.35. The van der Waals surface area contributed by atoms with E-state index < -0.39 is 0 Å². The van der Waals surface area contributed by atoms with E-state index in [0.717, 1.165) is 16.9 Å². The van der Waals surface area contributed by atoms with Crippen LogP contribution in [-0.2, 0) is 6.42 Å². The van der Waals surface area contributed by atoms with E-state index in [1.54, 1.807) is 18.2 Å². The van der Waals surface area contributed by atoms with Gasteiger partial charge in [-0.25, -0.2) is 14.4 Å². The van der Waals surface area contributed by atoms with Crippen LogP contribution in [0.3, 0.4) is 0 Å². The zero-order valence-corrected chi connectivity index (χ0v) is 15.6. The van der Waals surface area contributed by atoms with Crippen molar-refractivity contribution in [1.29, 1.82) is 0 Å². The predicted molar refractivity (Wildman–Crippen MR) is 107 cm³/mol. The molecule has 0 bridgehead atoms.